The van der Waals surface area contributed by atoms with Gasteiger partial charge in [-0.25, -0.2) is 4.99 Å². The molecule has 2 atom stereocenters. The number of ether oxygens (including phenoxy) is 2. The Morgan fingerprint density at radius 3 is 2.45 bits per heavy atom. The molecule has 1 fully saturated rings. The van der Waals surface area contributed by atoms with E-state index in [1.54, 1.807) is 30.3 Å². The summed E-state index contributed by atoms with van der Waals surface area (Å²) in [7, 11) is 0. The molecule has 0 spiro atoms. The number of aliphatic hydroxyl groups is 2. The third-order valence-electron chi connectivity index (χ3n) is 7.95. The van der Waals surface area contributed by atoms with Crippen LogP contribution in [0, 0.1) is 0 Å². The van der Waals surface area contributed by atoms with E-state index in [1.165, 1.54) is 0 Å². The van der Waals surface area contributed by atoms with E-state index in [-0.39, 0.29) is 25.5 Å². The van der Waals surface area contributed by atoms with Crippen molar-refractivity contribution >= 4 is 35.0 Å². The lowest BCUT2D eigenvalue weighted by Gasteiger charge is -2.35. The number of nitrogens with zero attached hydrogens (tertiary/aromatic N) is 1. The van der Waals surface area contributed by atoms with Gasteiger partial charge in [0.1, 0.15) is 5.75 Å². The minimum Gasteiger partial charge on any atom is -0.494 e. The number of aliphatic hydroxyl groups excluding tert-OH is 1. The Morgan fingerprint density at radius 2 is 1.76 bits per heavy atom. The first kappa shape index (κ1) is 30.4. The van der Waals surface area contributed by atoms with Crippen molar-refractivity contribution in [1.82, 2.24) is 5.32 Å². The van der Waals surface area contributed by atoms with Gasteiger partial charge in [0.2, 0.25) is 5.90 Å². The second-order valence-electron chi connectivity index (χ2n) is 11.1. The van der Waals surface area contributed by atoms with Crippen LogP contribution in [0.2, 0.25) is 10.0 Å². The van der Waals surface area contributed by atoms with Gasteiger partial charge in [-0.2, -0.15) is 0 Å². The highest BCUT2D eigenvalue weighted by Crippen LogP contribution is 2.45. The molecule has 0 unspecified atom stereocenters. The molecule has 9 heteroatoms. The van der Waals surface area contributed by atoms with Crippen LogP contribution in [-0.2, 0) is 16.0 Å². The minimum atomic E-state index is -1.42. The van der Waals surface area contributed by atoms with Crippen LogP contribution in [0.3, 0.4) is 0 Å². The summed E-state index contributed by atoms with van der Waals surface area (Å²) in [4.78, 5) is 19.4. The SMILES string of the molecule is O=C(NCC1(O)CCCCC1)[C@]1(Cc2ccccc2)N=C(c2ccc(OCCCO)cc2)O[C@@H]1c1ccc(Cl)cc1Cl. The van der Waals surface area contributed by atoms with Gasteiger partial charge >= 0.3 is 0 Å². The Labute approximate surface area is 256 Å². The highest BCUT2D eigenvalue weighted by atomic mass is 35.5. The summed E-state index contributed by atoms with van der Waals surface area (Å²) in [5, 5.41) is 24.1. The van der Waals surface area contributed by atoms with E-state index in [4.69, 9.17) is 42.8 Å². The molecule has 0 bridgehead atoms. The summed E-state index contributed by atoms with van der Waals surface area (Å²) in [6, 6.07) is 22.1. The third-order valence-corrected chi connectivity index (χ3v) is 8.52. The van der Waals surface area contributed by atoms with Gasteiger partial charge in [0.25, 0.3) is 5.91 Å². The minimum absolute atomic E-state index is 0.0559. The molecule has 1 aliphatic heterocycles. The van der Waals surface area contributed by atoms with Crippen LogP contribution < -0.4 is 10.1 Å². The molecule has 5 rings (SSSR count). The highest BCUT2D eigenvalue weighted by molar-refractivity contribution is 6.35. The molecule has 0 aromatic heterocycles. The number of hydrogen-bond acceptors (Lipinski definition) is 6. The summed E-state index contributed by atoms with van der Waals surface area (Å²) >= 11 is 13.0. The Bertz CT molecular complexity index is 1390. The zero-order valence-electron chi connectivity index (χ0n) is 23.4. The number of nitrogens with one attached hydrogen (secondary N) is 1. The predicted molar refractivity (Wildman–Crippen MR) is 164 cm³/mol. The molecule has 2 aliphatic rings. The first-order valence-corrected chi connectivity index (χ1v) is 15.2. The maximum absolute atomic E-state index is 14.4. The van der Waals surface area contributed by atoms with Crippen LogP contribution in [0.1, 0.15) is 61.3 Å². The van der Waals surface area contributed by atoms with Gasteiger partial charge in [-0.3, -0.25) is 4.79 Å². The van der Waals surface area contributed by atoms with Gasteiger partial charge in [0, 0.05) is 47.2 Å². The van der Waals surface area contributed by atoms with E-state index in [9.17, 15) is 9.90 Å². The average Bonchev–Trinajstić information content (AvgIpc) is 3.37. The number of aliphatic imine (C=N–C) groups is 1. The fourth-order valence-corrected chi connectivity index (χ4v) is 6.17. The number of carbonyl (C=O) groups is 1. The van der Waals surface area contributed by atoms with Gasteiger partial charge in [-0.1, -0.05) is 78.9 Å². The van der Waals surface area contributed by atoms with Crippen molar-refractivity contribution in [2.24, 2.45) is 4.99 Å². The van der Waals surface area contributed by atoms with Crippen LogP contribution >= 0.6 is 23.2 Å². The van der Waals surface area contributed by atoms with Gasteiger partial charge in [-0.15, -0.1) is 0 Å². The van der Waals surface area contributed by atoms with Crippen molar-refractivity contribution in [1.29, 1.82) is 0 Å². The van der Waals surface area contributed by atoms with Crippen LogP contribution in [0.5, 0.6) is 5.75 Å². The number of carbonyl (C=O) groups excluding carboxylic acids is 1. The number of benzene rings is 3. The van der Waals surface area contributed by atoms with Gasteiger partial charge in [0.15, 0.2) is 11.6 Å². The van der Waals surface area contributed by atoms with Gasteiger partial charge in [-0.05, 0) is 54.8 Å². The molecule has 42 heavy (non-hydrogen) atoms. The fraction of sp³-hybridized carbons (Fsp3) is 0.394. The molecular formula is C33H36Cl2N2O5. The topological polar surface area (TPSA) is 100 Å². The zero-order chi connectivity index (χ0) is 29.6. The second-order valence-corrected chi connectivity index (χ2v) is 11.9. The highest BCUT2D eigenvalue weighted by Gasteiger charge is 2.54. The summed E-state index contributed by atoms with van der Waals surface area (Å²) < 4.78 is 12.2. The Morgan fingerprint density at radius 1 is 1.02 bits per heavy atom. The summed E-state index contributed by atoms with van der Waals surface area (Å²) in [6.07, 6.45) is 4.13. The molecule has 3 aromatic rings. The molecule has 7 nitrogen and oxygen atoms in total. The average molecular weight is 612 g/mol. The van der Waals surface area contributed by atoms with Crippen molar-refractivity contribution in [2.45, 2.75) is 62.2 Å². The van der Waals surface area contributed by atoms with E-state index in [2.05, 4.69) is 5.32 Å². The smallest absolute Gasteiger partial charge is 0.252 e. The molecule has 0 radical (unpaired) electrons. The van der Waals surface area contributed by atoms with Gasteiger partial charge in [0.05, 0.1) is 12.2 Å². The second kappa shape index (κ2) is 13.5. The van der Waals surface area contributed by atoms with E-state index in [0.717, 1.165) is 24.8 Å². The predicted octanol–water partition coefficient (Wildman–Crippen LogP) is 6.07. The number of rotatable bonds is 11. The van der Waals surface area contributed by atoms with Crippen molar-refractivity contribution in [3.05, 3.63) is 99.5 Å². The van der Waals surface area contributed by atoms with Crippen molar-refractivity contribution in [3.8, 4) is 5.75 Å². The lowest BCUT2D eigenvalue weighted by atomic mass is 9.81. The first-order chi connectivity index (χ1) is 20.3. The van der Waals surface area contributed by atoms with Crippen LogP contribution in [0.4, 0.5) is 0 Å². The zero-order valence-corrected chi connectivity index (χ0v) is 24.9. The maximum atomic E-state index is 14.4. The van der Waals surface area contributed by atoms with Gasteiger partial charge < -0.3 is 25.0 Å². The summed E-state index contributed by atoms with van der Waals surface area (Å²) in [5.41, 5.74) is -0.206. The Hall–Kier alpha value is -3.10. The van der Waals surface area contributed by atoms with E-state index in [1.807, 2.05) is 42.5 Å². The molecular weight excluding hydrogens is 575 g/mol. The van der Waals surface area contributed by atoms with Crippen LogP contribution in [0.25, 0.3) is 0 Å². The van der Waals surface area contributed by atoms with Crippen LogP contribution in [0.15, 0.2) is 77.8 Å². The molecule has 1 heterocycles. The largest absolute Gasteiger partial charge is 0.494 e. The number of hydrogen-bond donors (Lipinski definition) is 3. The first-order valence-electron chi connectivity index (χ1n) is 14.4. The summed E-state index contributed by atoms with van der Waals surface area (Å²) in [6.45, 7) is 0.589. The monoisotopic (exact) mass is 610 g/mol. The Kier molecular flexibility index (Phi) is 9.74. The normalized spacial score (nSPS) is 21.3. The molecule has 1 amide bonds. The molecule has 222 valence electrons. The lowest BCUT2D eigenvalue weighted by molar-refractivity contribution is -0.130. The van der Waals surface area contributed by atoms with E-state index in [0.29, 0.717) is 58.7 Å². The molecule has 1 saturated carbocycles. The lowest BCUT2D eigenvalue weighted by Crippen LogP contribution is -2.54. The van der Waals surface area contributed by atoms with Crippen LogP contribution in [-0.4, -0.2) is 52.9 Å². The van der Waals surface area contributed by atoms with E-state index >= 15 is 0 Å². The fourth-order valence-electron chi connectivity index (χ4n) is 5.67. The molecule has 0 saturated heterocycles. The third kappa shape index (κ3) is 6.92. The summed E-state index contributed by atoms with van der Waals surface area (Å²) in [5.74, 6) is 0.604. The molecule has 1 aliphatic carbocycles. The quantitative estimate of drug-likeness (QED) is 0.229. The van der Waals surface area contributed by atoms with E-state index < -0.39 is 17.2 Å². The number of amides is 1. The standard InChI is InChI=1S/C33H36Cl2N2O5/c34-25-12-15-27(28(35)20-25)29-33(21-23-8-3-1-4-9-23,31(39)36-22-32(40)16-5-2-6-17-32)37-30(42-29)24-10-13-26(14-11-24)41-19-7-18-38/h1,3-4,8-15,20,29,38,40H,2,5-7,16-19,21-22H2,(H,36,39)/t29-,33-/m1/s1. The molecule has 3 aromatic carbocycles. The maximum Gasteiger partial charge on any atom is 0.252 e. The van der Waals surface area contributed by atoms with Crippen molar-refractivity contribution in [3.63, 3.8) is 0 Å². The van der Waals surface area contributed by atoms with Crippen molar-refractivity contribution < 1.29 is 24.5 Å². The molecule has 3 N–H and O–H groups in total. The van der Waals surface area contributed by atoms with Crippen molar-refractivity contribution in [2.75, 3.05) is 19.8 Å². The number of halogens is 2. The Balaban J connectivity index is 1.55.